The van der Waals surface area contributed by atoms with Crippen LogP contribution in [-0.2, 0) is 11.8 Å². The van der Waals surface area contributed by atoms with E-state index in [2.05, 4.69) is 41.1 Å². The van der Waals surface area contributed by atoms with Crippen molar-refractivity contribution in [2.45, 2.75) is 31.2 Å². The van der Waals surface area contributed by atoms with Gasteiger partial charge in [0.15, 0.2) is 11.0 Å². The van der Waals surface area contributed by atoms with Gasteiger partial charge < -0.3 is 15.2 Å². The fourth-order valence-electron chi connectivity index (χ4n) is 2.30. The van der Waals surface area contributed by atoms with Crippen LogP contribution in [-0.4, -0.2) is 39.0 Å². The highest BCUT2D eigenvalue weighted by atomic mass is 32.2. The number of amides is 1. The van der Waals surface area contributed by atoms with Gasteiger partial charge in [-0.05, 0) is 45.0 Å². The Kier molecular flexibility index (Phi) is 5.65. The minimum atomic E-state index is -0.358. The molecule has 0 saturated carbocycles. The van der Waals surface area contributed by atoms with Gasteiger partial charge in [0, 0.05) is 31.4 Å². The molecule has 1 heterocycles. The highest BCUT2D eigenvalue weighted by Crippen LogP contribution is 2.26. The lowest BCUT2D eigenvalue weighted by atomic mass is 10.2. The minimum Gasteiger partial charge on any atom is -0.372 e. The fraction of sp³-hybridized carbons (Fsp3) is 0.438. The molecule has 0 aliphatic rings. The van der Waals surface area contributed by atoms with Crippen LogP contribution in [0.2, 0.25) is 0 Å². The Hall–Kier alpha value is -2.02. The summed E-state index contributed by atoms with van der Waals surface area (Å²) >= 11 is 1.32. The SMILES string of the molecule is CCN(CC)c1ccc(-c2nnc(SC(C)C(N)=O)n2C)cc1. The van der Waals surface area contributed by atoms with E-state index in [1.165, 1.54) is 17.4 Å². The van der Waals surface area contributed by atoms with Gasteiger partial charge in [-0.15, -0.1) is 10.2 Å². The number of carbonyl (C=O) groups is 1. The first kappa shape index (κ1) is 17.3. The monoisotopic (exact) mass is 333 g/mol. The molecule has 1 atom stereocenters. The number of thioether (sulfide) groups is 1. The van der Waals surface area contributed by atoms with Crippen LogP contribution in [0.3, 0.4) is 0 Å². The van der Waals surface area contributed by atoms with Gasteiger partial charge in [0.05, 0.1) is 5.25 Å². The molecular formula is C16H23N5OS. The Morgan fingerprint density at radius 2 is 1.87 bits per heavy atom. The molecule has 124 valence electrons. The molecule has 1 aromatic carbocycles. The number of aromatic nitrogens is 3. The Labute approximate surface area is 141 Å². The Morgan fingerprint density at radius 3 is 2.39 bits per heavy atom. The van der Waals surface area contributed by atoms with Crippen molar-refractivity contribution in [3.8, 4) is 11.4 Å². The van der Waals surface area contributed by atoms with Crippen molar-refractivity contribution in [2.24, 2.45) is 12.8 Å². The smallest absolute Gasteiger partial charge is 0.230 e. The summed E-state index contributed by atoms with van der Waals surface area (Å²) in [6.45, 7) is 8.00. The molecule has 1 aromatic heterocycles. The summed E-state index contributed by atoms with van der Waals surface area (Å²) in [5, 5.41) is 8.74. The van der Waals surface area contributed by atoms with E-state index in [1.54, 1.807) is 6.92 Å². The third-order valence-corrected chi connectivity index (χ3v) is 4.92. The fourth-order valence-corrected chi connectivity index (χ4v) is 3.06. The molecule has 7 heteroatoms. The van der Waals surface area contributed by atoms with Gasteiger partial charge in [-0.25, -0.2) is 0 Å². The second-order valence-corrected chi connectivity index (χ2v) is 6.55. The number of hydrogen-bond donors (Lipinski definition) is 1. The van der Waals surface area contributed by atoms with Crippen LogP contribution in [0, 0.1) is 0 Å². The largest absolute Gasteiger partial charge is 0.372 e. The number of hydrogen-bond acceptors (Lipinski definition) is 5. The van der Waals surface area contributed by atoms with Gasteiger partial charge in [-0.2, -0.15) is 0 Å². The van der Waals surface area contributed by atoms with Gasteiger partial charge in [-0.3, -0.25) is 4.79 Å². The average Bonchev–Trinajstić information content (AvgIpc) is 2.90. The predicted molar refractivity (Wildman–Crippen MR) is 94.5 cm³/mol. The third-order valence-electron chi connectivity index (χ3n) is 3.77. The van der Waals surface area contributed by atoms with Gasteiger partial charge >= 0.3 is 0 Å². The summed E-state index contributed by atoms with van der Waals surface area (Å²) in [5.74, 6) is 0.415. The predicted octanol–water partition coefficient (Wildman–Crippen LogP) is 2.29. The topological polar surface area (TPSA) is 77.0 Å². The lowest BCUT2D eigenvalue weighted by Crippen LogP contribution is -2.22. The highest BCUT2D eigenvalue weighted by Gasteiger charge is 2.17. The van der Waals surface area contributed by atoms with Crippen molar-refractivity contribution in [1.82, 2.24) is 14.8 Å². The zero-order chi connectivity index (χ0) is 17.0. The van der Waals surface area contributed by atoms with Crippen molar-refractivity contribution in [2.75, 3.05) is 18.0 Å². The Morgan fingerprint density at radius 1 is 1.26 bits per heavy atom. The second kappa shape index (κ2) is 7.50. The second-order valence-electron chi connectivity index (χ2n) is 5.25. The molecule has 2 aromatic rings. The molecule has 0 aliphatic heterocycles. The zero-order valence-corrected chi connectivity index (χ0v) is 14.8. The summed E-state index contributed by atoms with van der Waals surface area (Å²) in [6, 6.07) is 8.28. The van der Waals surface area contributed by atoms with E-state index < -0.39 is 0 Å². The molecular weight excluding hydrogens is 310 g/mol. The Balaban J connectivity index is 2.22. The van der Waals surface area contributed by atoms with Crippen LogP contribution in [0.4, 0.5) is 5.69 Å². The summed E-state index contributed by atoms with van der Waals surface area (Å²) in [4.78, 5) is 13.5. The first-order valence-electron chi connectivity index (χ1n) is 7.68. The molecule has 6 nitrogen and oxygen atoms in total. The van der Waals surface area contributed by atoms with E-state index in [0.717, 1.165) is 24.5 Å². The number of rotatable bonds is 7. The van der Waals surface area contributed by atoms with Crippen molar-refractivity contribution in [1.29, 1.82) is 0 Å². The van der Waals surface area contributed by atoms with Gasteiger partial charge in [0.2, 0.25) is 5.91 Å². The molecule has 0 radical (unpaired) electrons. The first-order valence-corrected chi connectivity index (χ1v) is 8.56. The maximum atomic E-state index is 11.2. The molecule has 0 spiro atoms. The van der Waals surface area contributed by atoms with Gasteiger partial charge in [0.1, 0.15) is 0 Å². The number of benzene rings is 1. The first-order chi connectivity index (χ1) is 11.0. The Bertz CT molecular complexity index is 664. The van der Waals surface area contributed by atoms with Crippen LogP contribution in [0.25, 0.3) is 11.4 Å². The van der Waals surface area contributed by atoms with E-state index in [1.807, 2.05) is 23.7 Å². The van der Waals surface area contributed by atoms with Crippen LogP contribution in [0.1, 0.15) is 20.8 Å². The molecule has 0 aliphatic carbocycles. The minimum absolute atomic E-state index is 0.337. The van der Waals surface area contributed by atoms with Gasteiger partial charge in [-0.1, -0.05) is 11.8 Å². The standard InChI is InChI=1S/C16H23N5OS/c1-5-21(6-2)13-9-7-12(8-10-13)15-18-19-16(20(15)4)23-11(3)14(17)22/h7-11H,5-6H2,1-4H3,(H2,17,22). The number of nitrogens with two attached hydrogens (primary N) is 1. The van der Waals surface area contributed by atoms with Crippen LogP contribution in [0.5, 0.6) is 0 Å². The zero-order valence-electron chi connectivity index (χ0n) is 14.0. The van der Waals surface area contributed by atoms with Crippen LogP contribution < -0.4 is 10.6 Å². The quantitative estimate of drug-likeness (QED) is 0.787. The lowest BCUT2D eigenvalue weighted by Gasteiger charge is -2.21. The maximum Gasteiger partial charge on any atom is 0.230 e. The molecule has 0 fully saturated rings. The molecule has 1 amide bonds. The number of primary amides is 1. The van der Waals surface area contributed by atoms with Crippen molar-refractivity contribution < 1.29 is 4.79 Å². The van der Waals surface area contributed by atoms with E-state index in [4.69, 9.17) is 5.73 Å². The molecule has 1 unspecified atom stereocenters. The van der Waals surface area contributed by atoms with Crippen molar-refractivity contribution in [3.05, 3.63) is 24.3 Å². The summed E-state index contributed by atoms with van der Waals surface area (Å²) in [6.07, 6.45) is 0. The molecule has 2 N–H and O–H groups in total. The van der Waals surface area contributed by atoms with Crippen molar-refractivity contribution >= 4 is 23.4 Å². The molecule has 2 rings (SSSR count). The summed E-state index contributed by atoms with van der Waals surface area (Å²) < 4.78 is 1.89. The number of anilines is 1. The van der Waals surface area contributed by atoms with E-state index in [0.29, 0.717) is 5.16 Å². The summed E-state index contributed by atoms with van der Waals surface area (Å²) in [7, 11) is 1.89. The lowest BCUT2D eigenvalue weighted by molar-refractivity contribution is -0.117. The van der Waals surface area contributed by atoms with Crippen LogP contribution in [0.15, 0.2) is 29.4 Å². The van der Waals surface area contributed by atoms with Gasteiger partial charge in [0.25, 0.3) is 0 Å². The molecule has 0 saturated heterocycles. The van der Waals surface area contributed by atoms with Crippen LogP contribution >= 0.6 is 11.8 Å². The normalized spacial score (nSPS) is 12.2. The molecule has 0 bridgehead atoms. The average molecular weight is 333 g/mol. The van der Waals surface area contributed by atoms with E-state index in [-0.39, 0.29) is 11.2 Å². The van der Waals surface area contributed by atoms with Crippen molar-refractivity contribution in [3.63, 3.8) is 0 Å². The number of nitrogens with zero attached hydrogens (tertiary/aromatic N) is 4. The summed E-state index contributed by atoms with van der Waals surface area (Å²) in [5.41, 5.74) is 7.49. The highest BCUT2D eigenvalue weighted by molar-refractivity contribution is 8.00. The van der Waals surface area contributed by atoms with E-state index in [9.17, 15) is 4.79 Å². The van der Waals surface area contributed by atoms with E-state index >= 15 is 0 Å². The third kappa shape index (κ3) is 3.85. The maximum absolute atomic E-state index is 11.2. The molecule has 23 heavy (non-hydrogen) atoms. The number of carbonyl (C=O) groups excluding carboxylic acids is 1.